The lowest BCUT2D eigenvalue weighted by atomic mass is 9.89. The monoisotopic (exact) mass is 273 g/mol. The molecule has 4 nitrogen and oxygen atoms in total. The van der Waals surface area contributed by atoms with E-state index in [4.69, 9.17) is 0 Å². The number of ketones is 1. The highest BCUT2D eigenvalue weighted by Gasteiger charge is 2.49. The summed E-state index contributed by atoms with van der Waals surface area (Å²) in [5, 5.41) is 12.2. The van der Waals surface area contributed by atoms with Gasteiger partial charge in [0.15, 0.2) is 5.60 Å². The van der Waals surface area contributed by atoms with E-state index < -0.39 is 41.1 Å². The second-order valence-electron chi connectivity index (χ2n) is 4.42. The van der Waals surface area contributed by atoms with Gasteiger partial charge in [0.25, 0.3) is 5.91 Å². The van der Waals surface area contributed by atoms with E-state index in [0.717, 1.165) is 19.1 Å². The van der Waals surface area contributed by atoms with E-state index in [1.807, 2.05) is 5.32 Å². The van der Waals surface area contributed by atoms with Gasteiger partial charge in [-0.3, -0.25) is 9.59 Å². The maximum Gasteiger partial charge on any atom is 0.418 e. The van der Waals surface area contributed by atoms with Gasteiger partial charge in [-0.05, 0) is 13.0 Å². The number of para-hydroxylation sites is 1. The molecule has 1 atom stereocenters. The zero-order valence-corrected chi connectivity index (χ0v) is 9.84. The van der Waals surface area contributed by atoms with Crippen molar-refractivity contribution in [1.29, 1.82) is 0 Å². The van der Waals surface area contributed by atoms with E-state index in [1.165, 1.54) is 6.07 Å². The highest BCUT2D eigenvalue weighted by molar-refractivity contribution is 6.07. The highest BCUT2D eigenvalue weighted by Crippen LogP contribution is 2.45. The number of nitrogens with one attached hydrogen (secondary N) is 1. The first-order chi connectivity index (χ1) is 8.66. The molecular weight excluding hydrogens is 263 g/mol. The summed E-state index contributed by atoms with van der Waals surface area (Å²) in [5.41, 5.74) is -3.98. The van der Waals surface area contributed by atoms with E-state index in [0.29, 0.717) is 0 Å². The van der Waals surface area contributed by atoms with Crippen molar-refractivity contribution in [3.05, 3.63) is 29.3 Å². The number of carbonyl (C=O) groups is 2. The molecule has 1 aliphatic heterocycles. The van der Waals surface area contributed by atoms with Crippen LogP contribution in [-0.4, -0.2) is 16.8 Å². The lowest BCUT2D eigenvalue weighted by Crippen LogP contribution is -2.35. The number of fused-ring (bicyclic) bond motifs is 1. The molecule has 1 aromatic carbocycles. The molecule has 7 heteroatoms. The molecule has 2 rings (SSSR count). The van der Waals surface area contributed by atoms with Gasteiger partial charge >= 0.3 is 6.18 Å². The van der Waals surface area contributed by atoms with Gasteiger partial charge in [0.1, 0.15) is 5.78 Å². The summed E-state index contributed by atoms with van der Waals surface area (Å²) in [5.74, 6) is -1.52. The summed E-state index contributed by atoms with van der Waals surface area (Å²) < 4.78 is 38.4. The van der Waals surface area contributed by atoms with Crippen molar-refractivity contribution in [1.82, 2.24) is 0 Å². The molecular formula is C12H10F3NO3. The third-order valence-electron chi connectivity index (χ3n) is 2.93. The predicted molar refractivity (Wildman–Crippen MR) is 59.3 cm³/mol. The Labute approximate surface area is 106 Å². The number of aliphatic hydroxyl groups is 1. The van der Waals surface area contributed by atoms with Gasteiger partial charge in [-0.15, -0.1) is 0 Å². The number of carbonyl (C=O) groups excluding carboxylic acids is 2. The number of rotatable bonds is 2. The van der Waals surface area contributed by atoms with Crippen molar-refractivity contribution >= 4 is 17.4 Å². The van der Waals surface area contributed by atoms with Crippen LogP contribution in [0.2, 0.25) is 0 Å². The molecule has 0 saturated heterocycles. The van der Waals surface area contributed by atoms with Crippen molar-refractivity contribution in [3.8, 4) is 0 Å². The minimum atomic E-state index is -4.65. The number of anilines is 1. The van der Waals surface area contributed by atoms with Crippen LogP contribution in [0.1, 0.15) is 24.5 Å². The first-order valence-corrected chi connectivity index (χ1v) is 5.40. The van der Waals surface area contributed by atoms with Crippen LogP contribution in [-0.2, 0) is 21.4 Å². The van der Waals surface area contributed by atoms with E-state index in [1.54, 1.807) is 0 Å². The molecule has 1 aliphatic rings. The molecule has 1 unspecified atom stereocenters. The molecule has 0 bridgehead atoms. The van der Waals surface area contributed by atoms with E-state index in [9.17, 15) is 27.9 Å². The van der Waals surface area contributed by atoms with Crippen LogP contribution < -0.4 is 5.32 Å². The van der Waals surface area contributed by atoms with Crippen molar-refractivity contribution in [2.75, 3.05) is 5.32 Å². The molecule has 0 aliphatic carbocycles. The fraction of sp³-hybridized carbons (Fsp3) is 0.333. The topological polar surface area (TPSA) is 66.4 Å². The zero-order valence-electron chi connectivity index (χ0n) is 9.84. The summed E-state index contributed by atoms with van der Waals surface area (Å²) in [6.45, 7) is 1.15. The molecule has 0 aromatic heterocycles. The average Bonchev–Trinajstić information content (AvgIpc) is 2.49. The standard InChI is InChI=1S/C12H10F3NO3/c1-6(17)5-11(19)7-3-2-4-8(12(13,14)15)9(7)16-10(11)18/h2-4,19H,5H2,1H3,(H,16,18). The highest BCUT2D eigenvalue weighted by atomic mass is 19.4. The number of Topliss-reactive ketones (excluding diaryl/α,β-unsaturated/α-hetero) is 1. The van der Waals surface area contributed by atoms with Gasteiger partial charge in [0.05, 0.1) is 11.3 Å². The van der Waals surface area contributed by atoms with Gasteiger partial charge in [-0.25, -0.2) is 0 Å². The third-order valence-corrected chi connectivity index (χ3v) is 2.93. The van der Waals surface area contributed by atoms with Crippen LogP contribution in [0.25, 0.3) is 0 Å². The third kappa shape index (κ3) is 2.10. The Kier molecular flexibility index (Phi) is 2.89. The Morgan fingerprint density at radius 3 is 2.58 bits per heavy atom. The quantitative estimate of drug-likeness (QED) is 0.863. The molecule has 0 radical (unpaired) electrons. The summed E-state index contributed by atoms with van der Waals surface area (Å²) >= 11 is 0. The summed E-state index contributed by atoms with van der Waals surface area (Å²) in [7, 11) is 0. The summed E-state index contributed by atoms with van der Waals surface area (Å²) in [4.78, 5) is 22.8. The van der Waals surface area contributed by atoms with Gasteiger partial charge in [-0.1, -0.05) is 12.1 Å². The van der Waals surface area contributed by atoms with Crippen molar-refractivity contribution in [2.24, 2.45) is 0 Å². The van der Waals surface area contributed by atoms with E-state index in [-0.39, 0.29) is 5.56 Å². The summed E-state index contributed by atoms with van der Waals surface area (Å²) in [6, 6.07) is 3.09. The minimum absolute atomic E-state index is 0.220. The molecule has 102 valence electrons. The molecule has 0 spiro atoms. The molecule has 0 saturated carbocycles. The second-order valence-corrected chi connectivity index (χ2v) is 4.42. The van der Waals surface area contributed by atoms with Crippen molar-refractivity contribution in [3.63, 3.8) is 0 Å². The van der Waals surface area contributed by atoms with Gasteiger partial charge in [0, 0.05) is 12.0 Å². The lowest BCUT2D eigenvalue weighted by molar-refractivity contribution is -0.139. The van der Waals surface area contributed by atoms with Gasteiger partial charge in [0.2, 0.25) is 0 Å². The predicted octanol–water partition coefficient (Wildman–Crippen LogP) is 1.82. The molecule has 1 aromatic rings. The normalized spacial score (nSPS) is 22.1. The van der Waals surface area contributed by atoms with Crippen molar-refractivity contribution < 1.29 is 27.9 Å². The number of alkyl halides is 3. The molecule has 1 amide bonds. The average molecular weight is 273 g/mol. The largest absolute Gasteiger partial charge is 0.418 e. The van der Waals surface area contributed by atoms with Crippen LogP contribution in [0.15, 0.2) is 18.2 Å². The van der Waals surface area contributed by atoms with Crippen LogP contribution in [0.3, 0.4) is 0 Å². The van der Waals surface area contributed by atoms with Crippen LogP contribution in [0, 0.1) is 0 Å². The number of halogens is 3. The Morgan fingerprint density at radius 2 is 2.05 bits per heavy atom. The molecule has 19 heavy (non-hydrogen) atoms. The van der Waals surface area contributed by atoms with Crippen LogP contribution in [0.4, 0.5) is 18.9 Å². The maximum absolute atomic E-state index is 12.8. The van der Waals surface area contributed by atoms with Crippen molar-refractivity contribution in [2.45, 2.75) is 25.1 Å². The van der Waals surface area contributed by atoms with E-state index in [2.05, 4.69) is 0 Å². The molecule has 1 heterocycles. The lowest BCUT2D eigenvalue weighted by Gasteiger charge is -2.19. The number of hydrogen-bond donors (Lipinski definition) is 2. The van der Waals surface area contributed by atoms with Crippen LogP contribution >= 0.6 is 0 Å². The Balaban J connectivity index is 2.60. The maximum atomic E-state index is 12.8. The van der Waals surface area contributed by atoms with Gasteiger partial charge in [-0.2, -0.15) is 13.2 Å². The summed E-state index contributed by atoms with van der Waals surface area (Å²) in [6.07, 6.45) is -5.22. The van der Waals surface area contributed by atoms with E-state index >= 15 is 0 Å². The number of hydrogen-bond acceptors (Lipinski definition) is 3. The second kappa shape index (κ2) is 4.06. The molecule has 0 fully saturated rings. The SMILES string of the molecule is CC(=O)CC1(O)C(=O)Nc2c(C(F)(F)F)cccc21. The Bertz CT molecular complexity index is 568. The number of amides is 1. The number of benzene rings is 1. The Hall–Kier alpha value is -1.89. The molecule has 2 N–H and O–H groups in total. The fourth-order valence-electron chi connectivity index (χ4n) is 2.14. The van der Waals surface area contributed by atoms with Crippen LogP contribution in [0.5, 0.6) is 0 Å². The smallest absolute Gasteiger partial charge is 0.375 e. The zero-order chi connectivity index (χ0) is 14.4. The minimum Gasteiger partial charge on any atom is -0.375 e. The first kappa shape index (κ1) is 13.5. The Morgan fingerprint density at radius 1 is 1.42 bits per heavy atom. The first-order valence-electron chi connectivity index (χ1n) is 5.40. The fourth-order valence-corrected chi connectivity index (χ4v) is 2.14. The van der Waals surface area contributed by atoms with Gasteiger partial charge < -0.3 is 10.4 Å².